The molecule has 2 rings (SSSR count). The van der Waals surface area contributed by atoms with Gasteiger partial charge in [-0.15, -0.1) is 0 Å². The van der Waals surface area contributed by atoms with E-state index in [2.05, 4.69) is 0 Å². The summed E-state index contributed by atoms with van der Waals surface area (Å²) < 4.78 is 10.3. The first kappa shape index (κ1) is 11.0. The predicted molar refractivity (Wildman–Crippen MR) is 59.0 cm³/mol. The lowest BCUT2D eigenvalue weighted by Crippen LogP contribution is -2.30. The number of cyclic esters (lactones) is 1. The number of rotatable bonds is 2. The average molecular weight is 221 g/mol. The van der Waals surface area contributed by atoms with Crippen LogP contribution in [0.3, 0.4) is 0 Å². The van der Waals surface area contributed by atoms with E-state index in [-0.39, 0.29) is 18.0 Å². The van der Waals surface area contributed by atoms with Gasteiger partial charge in [0.2, 0.25) is 0 Å². The van der Waals surface area contributed by atoms with E-state index in [1.54, 1.807) is 7.11 Å². The van der Waals surface area contributed by atoms with Gasteiger partial charge in [0.15, 0.2) is 0 Å². The summed E-state index contributed by atoms with van der Waals surface area (Å²) >= 11 is 0. The molecule has 1 aromatic carbocycles. The van der Waals surface area contributed by atoms with Crippen molar-refractivity contribution in [3.63, 3.8) is 0 Å². The van der Waals surface area contributed by atoms with Crippen molar-refractivity contribution in [3.8, 4) is 5.75 Å². The highest BCUT2D eigenvalue weighted by Gasteiger charge is 2.40. The summed E-state index contributed by atoms with van der Waals surface area (Å²) in [5.74, 6) is 0.458. The summed E-state index contributed by atoms with van der Waals surface area (Å²) in [6.07, 6.45) is -0.242. The molecule has 1 aromatic rings. The van der Waals surface area contributed by atoms with Crippen molar-refractivity contribution in [1.82, 2.24) is 0 Å². The molecule has 1 fully saturated rings. The molecule has 0 aliphatic carbocycles. The molecule has 0 spiro atoms. The maximum absolute atomic E-state index is 11.3. The molecule has 0 saturated carbocycles. The average Bonchev–Trinajstić information content (AvgIpc) is 2.57. The molecule has 0 aromatic heterocycles. The number of carbonyl (C=O) groups is 1. The minimum absolute atomic E-state index is 0.000829. The van der Waals surface area contributed by atoms with Gasteiger partial charge in [0.25, 0.3) is 0 Å². The number of methoxy groups -OCH3 is 1. The molecule has 3 atom stereocenters. The Balaban J connectivity index is 2.21. The smallest absolute Gasteiger partial charge is 0.323 e. The number of nitrogens with two attached hydrogens (primary N) is 1. The van der Waals surface area contributed by atoms with Crippen molar-refractivity contribution in [3.05, 3.63) is 29.8 Å². The van der Waals surface area contributed by atoms with Gasteiger partial charge in [-0.1, -0.05) is 19.1 Å². The molecule has 0 bridgehead atoms. The summed E-state index contributed by atoms with van der Waals surface area (Å²) in [7, 11) is 1.61. The Hall–Kier alpha value is -1.55. The molecule has 1 aliphatic rings. The van der Waals surface area contributed by atoms with E-state index in [0.717, 1.165) is 11.3 Å². The van der Waals surface area contributed by atoms with Crippen LogP contribution in [0.4, 0.5) is 0 Å². The normalized spacial score (nSPS) is 28.9. The van der Waals surface area contributed by atoms with E-state index >= 15 is 0 Å². The van der Waals surface area contributed by atoms with Crippen LogP contribution in [0.2, 0.25) is 0 Å². The summed E-state index contributed by atoms with van der Waals surface area (Å²) in [5, 5.41) is 0. The Morgan fingerprint density at radius 2 is 1.94 bits per heavy atom. The number of benzene rings is 1. The SMILES string of the molecule is COc1ccc([C@@H]2OC(=O)[C@H](N)[C@H]2C)cc1. The minimum Gasteiger partial charge on any atom is -0.497 e. The molecule has 4 heteroatoms. The van der Waals surface area contributed by atoms with Gasteiger partial charge < -0.3 is 15.2 Å². The fraction of sp³-hybridized carbons (Fsp3) is 0.417. The predicted octanol–water partition coefficient (Wildman–Crippen LogP) is 1.26. The van der Waals surface area contributed by atoms with Crippen LogP contribution in [0.1, 0.15) is 18.6 Å². The van der Waals surface area contributed by atoms with Crippen LogP contribution in [-0.2, 0) is 9.53 Å². The van der Waals surface area contributed by atoms with Gasteiger partial charge >= 0.3 is 5.97 Å². The number of esters is 1. The van der Waals surface area contributed by atoms with Crippen molar-refractivity contribution >= 4 is 5.97 Å². The minimum atomic E-state index is -0.521. The maximum atomic E-state index is 11.3. The zero-order valence-corrected chi connectivity index (χ0v) is 9.34. The lowest BCUT2D eigenvalue weighted by atomic mass is 9.94. The van der Waals surface area contributed by atoms with Crippen LogP contribution in [0.25, 0.3) is 0 Å². The molecule has 4 nitrogen and oxygen atoms in total. The number of hydrogen-bond acceptors (Lipinski definition) is 4. The van der Waals surface area contributed by atoms with Gasteiger partial charge in [-0.25, -0.2) is 0 Å². The quantitative estimate of drug-likeness (QED) is 0.764. The van der Waals surface area contributed by atoms with Crippen molar-refractivity contribution in [1.29, 1.82) is 0 Å². The number of ether oxygens (including phenoxy) is 2. The molecule has 0 amide bonds. The molecular formula is C12H15NO3. The monoisotopic (exact) mass is 221 g/mol. The lowest BCUT2D eigenvalue weighted by molar-refractivity contribution is -0.142. The van der Waals surface area contributed by atoms with Gasteiger partial charge in [0.05, 0.1) is 7.11 Å². The van der Waals surface area contributed by atoms with E-state index in [1.165, 1.54) is 0 Å². The van der Waals surface area contributed by atoms with Gasteiger partial charge in [0.1, 0.15) is 17.9 Å². The highest BCUT2D eigenvalue weighted by atomic mass is 16.6. The summed E-state index contributed by atoms with van der Waals surface area (Å²) in [4.78, 5) is 11.3. The van der Waals surface area contributed by atoms with Crippen molar-refractivity contribution in [2.75, 3.05) is 7.11 Å². The van der Waals surface area contributed by atoms with Crippen molar-refractivity contribution in [2.24, 2.45) is 11.7 Å². The molecule has 0 radical (unpaired) electrons. The molecule has 86 valence electrons. The molecule has 1 saturated heterocycles. The molecular weight excluding hydrogens is 206 g/mol. The molecule has 0 unspecified atom stereocenters. The van der Waals surface area contributed by atoms with Crippen LogP contribution in [-0.4, -0.2) is 19.1 Å². The van der Waals surface area contributed by atoms with Gasteiger partial charge in [-0.2, -0.15) is 0 Å². The van der Waals surface area contributed by atoms with Crippen LogP contribution in [0.5, 0.6) is 5.75 Å². The van der Waals surface area contributed by atoms with E-state index in [0.29, 0.717) is 0 Å². The Kier molecular flexibility index (Phi) is 2.83. The van der Waals surface area contributed by atoms with Crippen molar-refractivity contribution < 1.29 is 14.3 Å². The molecule has 2 N–H and O–H groups in total. The third-order valence-corrected chi connectivity index (χ3v) is 3.00. The third kappa shape index (κ3) is 1.76. The van der Waals surface area contributed by atoms with E-state index in [9.17, 15) is 4.79 Å². The highest BCUT2D eigenvalue weighted by Crippen LogP contribution is 2.34. The molecule has 16 heavy (non-hydrogen) atoms. The fourth-order valence-electron chi connectivity index (χ4n) is 1.88. The highest BCUT2D eigenvalue weighted by molar-refractivity contribution is 5.78. The van der Waals surface area contributed by atoms with Gasteiger partial charge in [-0.3, -0.25) is 4.79 Å². The van der Waals surface area contributed by atoms with Crippen LogP contribution in [0, 0.1) is 5.92 Å². The fourth-order valence-corrected chi connectivity index (χ4v) is 1.88. The van der Waals surface area contributed by atoms with E-state index in [1.807, 2.05) is 31.2 Å². The van der Waals surface area contributed by atoms with E-state index in [4.69, 9.17) is 15.2 Å². The maximum Gasteiger partial charge on any atom is 0.323 e. The first-order chi connectivity index (χ1) is 7.63. The Bertz CT molecular complexity index is 388. The lowest BCUT2D eigenvalue weighted by Gasteiger charge is -2.15. The Morgan fingerprint density at radius 3 is 2.38 bits per heavy atom. The number of carbonyl (C=O) groups excluding carboxylic acids is 1. The molecule has 1 aliphatic heterocycles. The summed E-state index contributed by atoms with van der Waals surface area (Å²) in [5.41, 5.74) is 6.66. The van der Waals surface area contributed by atoms with Gasteiger partial charge in [-0.05, 0) is 17.7 Å². The second-order valence-corrected chi connectivity index (χ2v) is 4.02. The zero-order chi connectivity index (χ0) is 11.7. The summed E-state index contributed by atoms with van der Waals surface area (Å²) in [6, 6.07) is 6.96. The van der Waals surface area contributed by atoms with Crippen LogP contribution < -0.4 is 10.5 Å². The number of hydrogen-bond donors (Lipinski definition) is 1. The molecule has 1 heterocycles. The largest absolute Gasteiger partial charge is 0.497 e. The Morgan fingerprint density at radius 1 is 1.31 bits per heavy atom. The summed E-state index contributed by atoms with van der Waals surface area (Å²) in [6.45, 7) is 1.92. The second kappa shape index (κ2) is 4.14. The second-order valence-electron chi connectivity index (χ2n) is 4.02. The standard InChI is InChI=1S/C12H15NO3/c1-7-10(13)12(14)16-11(7)8-3-5-9(15-2)6-4-8/h3-7,10-11H,13H2,1-2H3/t7-,10-,11-/m1/s1. The van der Waals surface area contributed by atoms with Crippen LogP contribution >= 0.6 is 0 Å². The van der Waals surface area contributed by atoms with Crippen LogP contribution in [0.15, 0.2) is 24.3 Å². The Labute approximate surface area is 94.3 Å². The van der Waals surface area contributed by atoms with E-state index < -0.39 is 6.04 Å². The van der Waals surface area contributed by atoms with Gasteiger partial charge in [0, 0.05) is 5.92 Å². The van der Waals surface area contributed by atoms with Crippen molar-refractivity contribution in [2.45, 2.75) is 19.1 Å². The third-order valence-electron chi connectivity index (χ3n) is 3.00. The zero-order valence-electron chi connectivity index (χ0n) is 9.34. The topological polar surface area (TPSA) is 61.5 Å². The first-order valence-corrected chi connectivity index (χ1v) is 5.23. The first-order valence-electron chi connectivity index (χ1n) is 5.23.